The fourth-order valence-electron chi connectivity index (χ4n) is 4.29. The summed E-state index contributed by atoms with van der Waals surface area (Å²) in [4.78, 5) is 37.7. The van der Waals surface area contributed by atoms with Crippen LogP contribution in [0.4, 0.5) is 9.59 Å². The van der Waals surface area contributed by atoms with E-state index in [9.17, 15) is 14.4 Å². The summed E-state index contributed by atoms with van der Waals surface area (Å²) in [6.07, 6.45) is 1.47. The smallest absolute Gasteiger partial charge is 0.408 e. The van der Waals surface area contributed by atoms with E-state index in [-0.39, 0.29) is 19.1 Å². The minimum Gasteiger partial charge on any atom is -0.494 e. The maximum absolute atomic E-state index is 13.3. The Balaban J connectivity index is 1.50. The van der Waals surface area contributed by atoms with Gasteiger partial charge in [-0.05, 0) is 87.8 Å². The molecule has 0 saturated heterocycles. The molecule has 0 bridgehead atoms. The molecule has 9 heteroatoms. The van der Waals surface area contributed by atoms with Crippen LogP contribution in [-0.4, -0.2) is 42.9 Å². The van der Waals surface area contributed by atoms with Crippen molar-refractivity contribution in [2.45, 2.75) is 78.2 Å². The quantitative estimate of drug-likeness (QED) is 0.178. The zero-order valence-electron chi connectivity index (χ0n) is 26.2. The Morgan fingerprint density at radius 3 is 2.18 bits per heavy atom. The third-order valence-corrected chi connectivity index (χ3v) is 6.67. The van der Waals surface area contributed by atoms with Gasteiger partial charge in [-0.25, -0.2) is 9.59 Å². The van der Waals surface area contributed by atoms with Crippen LogP contribution in [-0.2, 0) is 33.8 Å². The van der Waals surface area contributed by atoms with Gasteiger partial charge in [0.1, 0.15) is 24.0 Å². The van der Waals surface area contributed by atoms with Gasteiger partial charge in [0.25, 0.3) is 0 Å². The number of alkyl carbamates (subject to hydrolysis) is 2. The van der Waals surface area contributed by atoms with Crippen molar-refractivity contribution in [2.24, 2.45) is 0 Å². The molecule has 0 aromatic heterocycles. The van der Waals surface area contributed by atoms with Crippen molar-refractivity contribution in [1.29, 1.82) is 0 Å². The Hall–Kier alpha value is -4.53. The van der Waals surface area contributed by atoms with E-state index in [1.807, 2.05) is 107 Å². The first-order valence-corrected chi connectivity index (χ1v) is 15.1. The number of hydrogen-bond acceptors (Lipinski definition) is 6. The van der Waals surface area contributed by atoms with Crippen LogP contribution >= 0.6 is 0 Å². The Bertz CT molecular complexity index is 1330. The highest BCUT2D eigenvalue weighted by Crippen LogP contribution is 2.18. The van der Waals surface area contributed by atoms with Crippen molar-refractivity contribution in [1.82, 2.24) is 16.0 Å². The average molecular weight is 604 g/mol. The Labute approximate surface area is 260 Å². The number of aryl methyl sites for hydroxylation is 2. The van der Waals surface area contributed by atoms with Crippen molar-refractivity contribution in [3.63, 3.8) is 0 Å². The number of hydrogen-bond donors (Lipinski definition) is 3. The van der Waals surface area contributed by atoms with Gasteiger partial charge in [0.2, 0.25) is 5.91 Å². The van der Waals surface area contributed by atoms with Gasteiger partial charge < -0.3 is 30.2 Å². The summed E-state index contributed by atoms with van der Waals surface area (Å²) in [5, 5.41) is 8.47. The summed E-state index contributed by atoms with van der Waals surface area (Å²) in [6, 6.07) is 24.2. The lowest BCUT2D eigenvalue weighted by Gasteiger charge is -2.19. The van der Waals surface area contributed by atoms with Crippen LogP contribution in [0.2, 0.25) is 0 Å². The van der Waals surface area contributed by atoms with Gasteiger partial charge in [-0.1, -0.05) is 66.7 Å². The second-order valence-corrected chi connectivity index (χ2v) is 11.6. The normalized spacial score (nSPS) is 11.6. The molecule has 0 aliphatic rings. The van der Waals surface area contributed by atoms with Gasteiger partial charge in [-0.2, -0.15) is 0 Å². The first kappa shape index (κ1) is 34.0. The fraction of sp³-hybridized carbons (Fsp3) is 0.400. The van der Waals surface area contributed by atoms with Crippen LogP contribution < -0.4 is 20.7 Å². The van der Waals surface area contributed by atoms with E-state index in [4.69, 9.17) is 14.2 Å². The predicted molar refractivity (Wildman–Crippen MR) is 170 cm³/mol. The minimum atomic E-state index is -0.771. The Morgan fingerprint density at radius 1 is 0.818 bits per heavy atom. The van der Waals surface area contributed by atoms with Crippen molar-refractivity contribution in [3.8, 4) is 5.75 Å². The molecule has 1 unspecified atom stereocenters. The molecule has 3 rings (SSSR count). The van der Waals surface area contributed by atoms with Gasteiger partial charge in [0, 0.05) is 13.1 Å². The average Bonchev–Trinajstić information content (AvgIpc) is 3.00. The molecule has 0 saturated carbocycles. The van der Waals surface area contributed by atoms with Gasteiger partial charge >= 0.3 is 12.2 Å². The Morgan fingerprint density at radius 2 is 1.50 bits per heavy atom. The van der Waals surface area contributed by atoms with Crippen molar-refractivity contribution in [2.75, 3.05) is 13.2 Å². The number of nitrogens with one attached hydrogen (secondary N) is 3. The van der Waals surface area contributed by atoms with E-state index < -0.39 is 23.8 Å². The summed E-state index contributed by atoms with van der Waals surface area (Å²) in [5.41, 5.74) is 3.34. The van der Waals surface area contributed by atoms with Gasteiger partial charge in [0.15, 0.2) is 0 Å². The first-order chi connectivity index (χ1) is 21.1. The summed E-state index contributed by atoms with van der Waals surface area (Å²) < 4.78 is 16.5. The predicted octanol–water partition coefficient (Wildman–Crippen LogP) is 6.22. The number of rotatable bonds is 15. The molecule has 0 spiro atoms. The number of amides is 3. The first-order valence-electron chi connectivity index (χ1n) is 15.1. The molecule has 3 N–H and O–H groups in total. The number of ether oxygens (including phenoxy) is 3. The highest BCUT2D eigenvalue weighted by Gasteiger charge is 2.22. The number of unbranched alkanes of at least 4 members (excludes halogenated alkanes) is 1. The number of carbonyl (C=O) groups is 3. The van der Waals surface area contributed by atoms with Crippen LogP contribution in [0.1, 0.15) is 62.3 Å². The van der Waals surface area contributed by atoms with Crippen LogP contribution in [0.25, 0.3) is 0 Å². The molecule has 236 valence electrons. The molecular weight excluding hydrogens is 558 g/mol. The number of carbonyl (C=O) groups excluding carboxylic acids is 3. The topological polar surface area (TPSA) is 115 Å². The zero-order valence-corrected chi connectivity index (χ0v) is 26.2. The fourth-order valence-corrected chi connectivity index (χ4v) is 4.29. The molecule has 0 fully saturated rings. The van der Waals surface area contributed by atoms with E-state index in [2.05, 4.69) is 16.0 Å². The van der Waals surface area contributed by atoms with E-state index in [0.717, 1.165) is 35.1 Å². The highest BCUT2D eigenvalue weighted by molar-refractivity contribution is 5.85. The molecule has 9 nitrogen and oxygen atoms in total. The highest BCUT2D eigenvalue weighted by atomic mass is 16.6. The molecule has 1 atom stereocenters. The molecule has 3 aromatic rings. The van der Waals surface area contributed by atoms with E-state index in [1.165, 1.54) is 0 Å². The number of benzene rings is 3. The van der Waals surface area contributed by atoms with E-state index in [1.54, 1.807) is 0 Å². The largest absolute Gasteiger partial charge is 0.494 e. The maximum Gasteiger partial charge on any atom is 0.408 e. The summed E-state index contributed by atoms with van der Waals surface area (Å²) in [5.74, 6) is 0.406. The monoisotopic (exact) mass is 603 g/mol. The van der Waals surface area contributed by atoms with Crippen LogP contribution in [0.5, 0.6) is 5.75 Å². The second-order valence-electron chi connectivity index (χ2n) is 11.6. The summed E-state index contributed by atoms with van der Waals surface area (Å²) >= 11 is 0. The van der Waals surface area contributed by atoms with Crippen molar-refractivity contribution >= 4 is 18.1 Å². The van der Waals surface area contributed by atoms with Crippen LogP contribution in [0.15, 0.2) is 78.9 Å². The molecule has 0 aliphatic heterocycles. The SMILES string of the molecule is Cc1ccc(OCCCCNC(=O)OC(C)(C)C)cc1CNC(=O)C(CCc1ccccc1)NC(=O)OCc1ccccc1. The molecule has 0 radical (unpaired) electrons. The third kappa shape index (κ3) is 13.2. The molecule has 0 heterocycles. The van der Waals surface area contributed by atoms with Crippen molar-refractivity contribution in [3.05, 3.63) is 101 Å². The minimum absolute atomic E-state index is 0.117. The molecule has 3 aromatic carbocycles. The summed E-state index contributed by atoms with van der Waals surface area (Å²) in [6.45, 7) is 8.84. The van der Waals surface area contributed by atoms with Gasteiger partial charge in [0.05, 0.1) is 6.61 Å². The lowest BCUT2D eigenvalue weighted by molar-refractivity contribution is -0.123. The lowest BCUT2D eigenvalue weighted by Crippen LogP contribution is -2.47. The molecular formula is C35H45N3O6. The Kier molecular flexibility index (Phi) is 13.6. The van der Waals surface area contributed by atoms with E-state index >= 15 is 0 Å². The standard InChI is InChI=1S/C35H45N3O6/c1-26-17-19-30(42-22-12-11-21-36-33(40)44-35(2,3)4)23-29(26)24-37-32(39)31(20-18-27-13-7-5-8-14-27)38-34(41)43-25-28-15-9-6-10-16-28/h5-10,13-17,19,23,31H,11-12,18,20-22,24-25H2,1-4H3,(H,36,40)(H,37,39)(H,38,41). The third-order valence-electron chi connectivity index (χ3n) is 6.67. The lowest BCUT2D eigenvalue weighted by atomic mass is 10.0. The van der Waals surface area contributed by atoms with E-state index in [0.29, 0.717) is 31.7 Å². The van der Waals surface area contributed by atoms with Crippen LogP contribution in [0, 0.1) is 6.92 Å². The maximum atomic E-state index is 13.3. The summed E-state index contributed by atoms with van der Waals surface area (Å²) in [7, 11) is 0. The van der Waals surface area contributed by atoms with Crippen molar-refractivity contribution < 1.29 is 28.6 Å². The molecule has 0 aliphatic carbocycles. The molecule has 44 heavy (non-hydrogen) atoms. The molecule has 3 amide bonds. The zero-order chi connectivity index (χ0) is 31.8. The van der Waals surface area contributed by atoms with Gasteiger partial charge in [-0.3, -0.25) is 4.79 Å². The van der Waals surface area contributed by atoms with Gasteiger partial charge in [-0.15, -0.1) is 0 Å². The van der Waals surface area contributed by atoms with Crippen LogP contribution in [0.3, 0.4) is 0 Å². The second kappa shape index (κ2) is 17.6.